The summed E-state index contributed by atoms with van der Waals surface area (Å²) in [6.45, 7) is 15.1. The van der Waals surface area contributed by atoms with Crippen molar-refractivity contribution in [3.05, 3.63) is 119 Å². The first-order valence-corrected chi connectivity index (χ1v) is 20.8. The maximum Gasteiger partial charge on any atom is 0.261 e. The minimum Gasteiger partial charge on any atom is -0.507 e. The lowest BCUT2D eigenvalue weighted by atomic mass is 10.0. The molecule has 2 fully saturated rings. The molecule has 2 saturated heterocycles. The monoisotopic (exact) mass is 737 g/mol. The third-order valence-electron chi connectivity index (χ3n) is 10.4. The highest BCUT2D eigenvalue weighted by molar-refractivity contribution is 6.99. The van der Waals surface area contributed by atoms with E-state index in [1.54, 1.807) is 18.2 Å². The smallest absolute Gasteiger partial charge is 0.261 e. The molecule has 52 heavy (non-hydrogen) atoms. The molecule has 0 aliphatic carbocycles. The van der Waals surface area contributed by atoms with Crippen molar-refractivity contribution in [3.8, 4) is 11.5 Å². The first kappa shape index (κ1) is 37.8. The second kappa shape index (κ2) is 16.8. The number of anilines is 1. The molecule has 2 aliphatic rings. The quantitative estimate of drug-likeness (QED) is 0.0849. The Morgan fingerprint density at radius 2 is 1.63 bits per heavy atom. The van der Waals surface area contributed by atoms with Crippen molar-refractivity contribution in [2.75, 3.05) is 50.8 Å². The van der Waals surface area contributed by atoms with Crippen LogP contribution < -0.4 is 25.3 Å². The summed E-state index contributed by atoms with van der Waals surface area (Å²) in [6, 6.07) is 31.0. The maximum absolute atomic E-state index is 13.6. The lowest BCUT2D eigenvalue weighted by molar-refractivity contribution is 0.104. The summed E-state index contributed by atoms with van der Waals surface area (Å²) >= 11 is 6.66. The highest BCUT2D eigenvalue weighted by Crippen LogP contribution is 2.38. The Hall–Kier alpha value is -3.92. The van der Waals surface area contributed by atoms with Crippen LogP contribution in [-0.2, 0) is 11.0 Å². The van der Waals surface area contributed by atoms with E-state index in [-0.39, 0.29) is 28.2 Å². The van der Waals surface area contributed by atoms with E-state index in [0.29, 0.717) is 30.5 Å². The van der Waals surface area contributed by atoms with Crippen molar-refractivity contribution >= 4 is 47.8 Å². The fourth-order valence-electron chi connectivity index (χ4n) is 7.74. The summed E-state index contributed by atoms with van der Waals surface area (Å²) in [4.78, 5) is 18.3. The number of hydrogen-bond donors (Lipinski definition) is 2. The summed E-state index contributed by atoms with van der Waals surface area (Å²) in [5.74, 6) is 0.192. The number of benzene rings is 4. The zero-order valence-corrected chi connectivity index (χ0v) is 32.7. The first-order chi connectivity index (χ1) is 25.1. The Morgan fingerprint density at radius 1 is 0.962 bits per heavy atom. The van der Waals surface area contributed by atoms with E-state index in [0.717, 1.165) is 62.4 Å². The van der Waals surface area contributed by atoms with Crippen LogP contribution >= 0.6 is 11.6 Å². The van der Waals surface area contributed by atoms with Crippen LogP contribution in [0.3, 0.4) is 0 Å². The van der Waals surface area contributed by atoms with Gasteiger partial charge in [-0.15, -0.1) is 0 Å². The van der Waals surface area contributed by atoms with Gasteiger partial charge in [0, 0.05) is 61.1 Å². The van der Waals surface area contributed by atoms with Crippen LogP contribution in [0.25, 0.3) is 6.08 Å². The number of phenols is 1. The number of aromatic hydroxyl groups is 1. The third-order valence-corrected chi connectivity index (χ3v) is 15.7. The van der Waals surface area contributed by atoms with Crippen molar-refractivity contribution in [2.24, 2.45) is 0 Å². The molecule has 4 aromatic rings. The largest absolute Gasteiger partial charge is 0.507 e. The van der Waals surface area contributed by atoms with Crippen LogP contribution in [0.5, 0.6) is 11.5 Å². The van der Waals surface area contributed by atoms with E-state index >= 15 is 0 Å². The lowest BCUT2D eigenvalue weighted by Crippen LogP contribution is -2.67. The Kier molecular flexibility index (Phi) is 12.2. The van der Waals surface area contributed by atoms with Gasteiger partial charge in [-0.2, -0.15) is 0 Å². The van der Waals surface area contributed by atoms with Gasteiger partial charge in [0.25, 0.3) is 8.32 Å². The van der Waals surface area contributed by atoms with E-state index in [1.807, 2.05) is 25.1 Å². The molecule has 2 N–H and O–H groups in total. The predicted octanol–water partition coefficient (Wildman–Crippen LogP) is 7.29. The molecule has 0 spiro atoms. The number of phenolic OH excluding ortho intramolecular Hbond substituents is 1. The molecule has 1 atom stereocenters. The van der Waals surface area contributed by atoms with E-state index in [9.17, 15) is 9.90 Å². The molecule has 4 aromatic carbocycles. The van der Waals surface area contributed by atoms with Crippen LogP contribution in [0.4, 0.5) is 5.69 Å². The Labute approximate surface area is 315 Å². The molecule has 0 unspecified atom stereocenters. The van der Waals surface area contributed by atoms with Gasteiger partial charge >= 0.3 is 0 Å². The number of likely N-dealkylation sites (tertiary alicyclic amines) is 1. The lowest BCUT2D eigenvalue weighted by Gasteiger charge is -2.44. The highest BCUT2D eigenvalue weighted by atomic mass is 35.5. The van der Waals surface area contributed by atoms with Gasteiger partial charge in [0.15, 0.2) is 5.78 Å². The molecule has 0 aromatic heterocycles. The number of halogens is 1. The van der Waals surface area contributed by atoms with Crippen LogP contribution in [0.15, 0.2) is 97.1 Å². The van der Waals surface area contributed by atoms with Gasteiger partial charge in [0.2, 0.25) is 0 Å². The number of rotatable bonds is 13. The minimum atomic E-state index is -2.70. The van der Waals surface area contributed by atoms with E-state index < -0.39 is 8.32 Å². The van der Waals surface area contributed by atoms with Crippen LogP contribution in [0, 0.1) is 0 Å². The molecule has 2 heterocycles. The van der Waals surface area contributed by atoms with Gasteiger partial charge in [0.1, 0.15) is 11.5 Å². The van der Waals surface area contributed by atoms with Gasteiger partial charge in [-0.3, -0.25) is 9.69 Å². The number of piperazine rings is 1. The second-order valence-electron chi connectivity index (χ2n) is 14.8. The summed E-state index contributed by atoms with van der Waals surface area (Å²) in [5.41, 5.74) is 2.93. The van der Waals surface area contributed by atoms with Crippen molar-refractivity contribution in [1.82, 2.24) is 10.2 Å². The topological polar surface area (TPSA) is 74.3 Å². The van der Waals surface area contributed by atoms with Gasteiger partial charge in [0.05, 0.1) is 18.8 Å². The van der Waals surface area contributed by atoms with Crippen molar-refractivity contribution in [2.45, 2.75) is 58.2 Å². The number of allylic oxidation sites excluding steroid dienone is 1. The SMILES string of the molecule is CCOc1cc(O)c(C(=O)/C=C/c2ccc(N3CCNCC3)cc2Cl)cc1CN1CCC[C@@H]1CO[Si](c1ccccc1)(c1ccccc1)C(C)(C)C. The Morgan fingerprint density at radius 3 is 2.25 bits per heavy atom. The number of ketones is 1. The Bertz CT molecular complexity index is 1800. The minimum absolute atomic E-state index is 0.102. The number of carbonyl (C=O) groups is 1. The second-order valence-corrected chi connectivity index (χ2v) is 19.5. The van der Waals surface area contributed by atoms with E-state index in [4.69, 9.17) is 20.8 Å². The molecular formula is C43H52ClN3O4Si. The van der Waals surface area contributed by atoms with E-state index in [1.165, 1.54) is 16.4 Å². The standard InChI is InChI=1S/C43H52ClN3O4Si/c1-5-50-42-29-41(49)38(40(48)21-19-32-18-20-34(28-39(32)44)46-25-22-45-23-26-46)27-33(42)30-47-24-12-13-35(47)31-51-52(43(2,3)4,36-14-8-6-9-15-36)37-16-10-7-11-17-37/h6-11,14-21,27-29,35,45,49H,5,12-13,22-26,30-31H2,1-4H3/b21-19+/t35-/m1/s1. The molecule has 0 radical (unpaired) electrons. The molecule has 7 nitrogen and oxygen atoms in total. The average molecular weight is 738 g/mol. The number of hydrogen-bond acceptors (Lipinski definition) is 7. The number of carbonyl (C=O) groups excluding carboxylic acids is 1. The fourth-order valence-corrected chi connectivity index (χ4v) is 12.6. The highest BCUT2D eigenvalue weighted by Gasteiger charge is 2.50. The summed E-state index contributed by atoms with van der Waals surface area (Å²) in [6.07, 6.45) is 5.28. The van der Waals surface area contributed by atoms with Crippen LogP contribution in [-0.4, -0.2) is 76.1 Å². The summed E-state index contributed by atoms with van der Waals surface area (Å²) in [7, 11) is -2.70. The van der Waals surface area contributed by atoms with Crippen molar-refractivity contribution < 1.29 is 19.1 Å². The van der Waals surface area contributed by atoms with Gasteiger partial charge in [-0.25, -0.2) is 0 Å². The summed E-state index contributed by atoms with van der Waals surface area (Å²) in [5, 5.41) is 17.4. The zero-order chi connectivity index (χ0) is 36.7. The maximum atomic E-state index is 13.6. The Balaban J connectivity index is 1.22. The normalized spacial score (nSPS) is 17.2. The molecule has 9 heteroatoms. The van der Waals surface area contributed by atoms with Gasteiger partial charge in [-0.1, -0.05) is 99.1 Å². The molecular weight excluding hydrogens is 686 g/mol. The molecule has 274 valence electrons. The number of nitrogens with zero attached hydrogens (tertiary/aromatic N) is 2. The number of nitrogens with one attached hydrogen (secondary N) is 1. The zero-order valence-electron chi connectivity index (χ0n) is 30.9. The summed E-state index contributed by atoms with van der Waals surface area (Å²) < 4.78 is 13.4. The molecule has 0 saturated carbocycles. The van der Waals surface area contributed by atoms with Gasteiger partial charge < -0.3 is 24.5 Å². The van der Waals surface area contributed by atoms with Crippen LogP contribution in [0.2, 0.25) is 10.1 Å². The van der Waals surface area contributed by atoms with Crippen molar-refractivity contribution in [1.29, 1.82) is 0 Å². The molecule has 0 bridgehead atoms. The fraction of sp³-hybridized carbons (Fsp3) is 0.372. The molecule has 0 amide bonds. The van der Waals surface area contributed by atoms with Gasteiger partial charge in [-0.05, 0) is 77.6 Å². The average Bonchev–Trinajstić information content (AvgIpc) is 3.59. The van der Waals surface area contributed by atoms with E-state index in [2.05, 4.69) is 96.6 Å². The molecule has 2 aliphatic heterocycles. The predicted molar refractivity (Wildman–Crippen MR) is 216 cm³/mol. The molecule has 6 rings (SSSR count). The third kappa shape index (κ3) is 8.32. The van der Waals surface area contributed by atoms with Crippen molar-refractivity contribution in [3.63, 3.8) is 0 Å². The number of ether oxygens (including phenoxy) is 1. The van der Waals surface area contributed by atoms with Crippen LogP contribution in [0.1, 0.15) is 62.0 Å². The first-order valence-electron chi connectivity index (χ1n) is 18.6.